The lowest BCUT2D eigenvalue weighted by Gasteiger charge is -2.40. The Morgan fingerprint density at radius 1 is 1.03 bits per heavy atom. The normalized spacial score (nSPS) is 14.7. The number of nitrogens with two attached hydrogens (primary N) is 1. The first kappa shape index (κ1) is 34.9. The van der Waals surface area contributed by atoms with Crippen LogP contribution < -0.4 is 9.88 Å². The maximum Gasteiger partial charge on any atom is 0.269 e. The summed E-state index contributed by atoms with van der Waals surface area (Å²) >= 11 is -1.18. The zero-order valence-corrected chi connectivity index (χ0v) is 26.9. The summed E-state index contributed by atoms with van der Waals surface area (Å²) in [5.41, 5.74) is 1.07. The standard InChI is InChI=1S/C26H37NO4Si.C4H11NOS/c1-21(12-10-11-13-22-16-18-23(19-17-22)27(28)29)25(31-32(5,6)26(2,3)4)20-30-24-14-8-7-9-15-24;1-4(2,3)7(5)6/h7-9,11,13-19,21,25H,10,12,20H2,1-6H3;5H2,1-3H3/t21-,25-;/m1./s1. The Morgan fingerprint density at radius 2 is 1.56 bits per heavy atom. The number of nitrogens with zero attached hydrogens (tertiary/aromatic N) is 1. The van der Waals surface area contributed by atoms with Crippen LogP contribution in [0.1, 0.15) is 66.9 Å². The molecular weight excluding hydrogens is 528 g/mol. The molecule has 0 amide bonds. The average Bonchev–Trinajstić information content (AvgIpc) is 2.84. The van der Waals surface area contributed by atoms with E-state index >= 15 is 0 Å². The Kier molecular flexibility index (Phi) is 13.9. The molecule has 218 valence electrons. The van der Waals surface area contributed by atoms with Crippen molar-refractivity contribution in [2.24, 2.45) is 11.1 Å². The van der Waals surface area contributed by atoms with Crippen LogP contribution in [0.5, 0.6) is 5.75 Å². The van der Waals surface area contributed by atoms with Crippen molar-refractivity contribution in [3.63, 3.8) is 0 Å². The van der Waals surface area contributed by atoms with Crippen LogP contribution in [0.4, 0.5) is 5.69 Å². The van der Waals surface area contributed by atoms with Crippen LogP contribution in [-0.4, -0.2) is 35.3 Å². The van der Waals surface area contributed by atoms with Gasteiger partial charge in [0.05, 0.1) is 11.0 Å². The number of rotatable bonds is 11. The van der Waals surface area contributed by atoms with Gasteiger partial charge in [0.2, 0.25) is 0 Å². The molecule has 2 N–H and O–H groups in total. The summed E-state index contributed by atoms with van der Waals surface area (Å²) in [6, 6.07) is 16.5. The number of para-hydroxylation sites is 1. The first-order valence-corrected chi connectivity index (χ1v) is 17.5. The van der Waals surface area contributed by atoms with Gasteiger partial charge >= 0.3 is 0 Å². The van der Waals surface area contributed by atoms with Gasteiger partial charge in [-0.25, -0.2) is 0 Å². The molecule has 1 unspecified atom stereocenters. The molecule has 39 heavy (non-hydrogen) atoms. The summed E-state index contributed by atoms with van der Waals surface area (Å²) in [7, 11) is -1.94. The number of allylic oxidation sites excluding steroid dienone is 1. The van der Waals surface area contributed by atoms with Gasteiger partial charge in [0.1, 0.15) is 17.1 Å². The molecule has 7 nitrogen and oxygen atoms in total. The lowest BCUT2D eigenvalue weighted by Crippen LogP contribution is -2.47. The minimum absolute atomic E-state index is 0.0175. The van der Waals surface area contributed by atoms with Gasteiger partial charge in [-0.15, -0.1) is 0 Å². The molecule has 0 bridgehead atoms. The molecule has 0 spiro atoms. The van der Waals surface area contributed by atoms with Crippen molar-refractivity contribution >= 4 is 31.4 Å². The van der Waals surface area contributed by atoms with Crippen LogP contribution in [0.2, 0.25) is 18.1 Å². The smallest absolute Gasteiger partial charge is 0.269 e. The zero-order chi connectivity index (χ0) is 29.9. The lowest BCUT2D eigenvalue weighted by atomic mass is 9.99. The molecule has 0 saturated carbocycles. The second kappa shape index (κ2) is 15.6. The highest BCUT2D eigenvalue weighted by Crippen LogP contribution is 2.38. The lowest BCUT2D eigenvalue weighted by molar-refractivity contribution is -0.384. The number of hydrogen-bond acceptors (Lipinski definition) is 6. The van der Waals surface area contributed by atoms with Crippen molar-refractivity contribution in [1.29, 1.82) is 0 Å². The number of ether oxygens (including phenoxy) is 1. The van der Waals surface area contributed by atoms with Crippen molar-refractivity contribution in [3.05, 3.63) is 76.4 Å². The fourth-order valence-corrected chi connectivity index (χ4v) is 4.45. The number of nitro groups is 1. The molecule has 3 atom stereocenters. The second-order valence-electron chi connectivity index (χ2n) is 12.3. The molecule has 2 rings (SSSR count). The van der Waals surface area contributed by atoms with Gasteiger partial charge in [-0.1, -0.05) is 58.0 Å². The van der Waals surface area contributed by atoms with E-state index in [2.05, 4.69) is 46.9 Å². The molecule has 0 aliphatic carbocycles. The van der Waals surface area contributed by atoms with Crippen LogP contribution >= 0.6 is 0 Å². The van der Waals surface area contributed by atoms with E-state index in [1.165, 1.54) is 12.1 Å². The average molecular weight is 577 g/mol. The molecule has 0 radical (unpaired) electrons. The molecule has 0 saturated heterocycles. The number of nitro benzene ring substituents is 1. The topological polar surface area (TPSA) is 111 Å². The van der Waals surface area contributed by atoms with Crippen molar-refractivity contribution < 1.29 is 18.6 Å². The van der Waals surface area contributed by atoms with Crippen molar-refractivity contribution in [2.45, 2.75) is 90.3 Å². The van der Waals surface area contributed by atoms with Gasteiger partial charge in [-0.3, -0.25) is 10.1 Å². The molecule has 2 aromatic carbocycles. The fraction of sp³-hybridized carbons (Fsp3) is 0.533. The summed E-state index contributed by atoms with van der Waals surface area (Å²) in [6.45, 7) is 19.6. The zero-order valence-electron chi connectivity index (χ0n) is 25.1. The van der Waals surface area contributed by atoms with Gasteiger partial charge in [-0.2, -0.15) is 5.14 Å². The molecule has 0 aromatic heterocycles. The summed E-state index contributed by atoms with van der Waals surface area (Å²) < 4.78 is 22.9. The van der Waals surface area contributed by atoms with Gasteiger partial charge in [-0.05, 0) is 87.5 Å². The summed E-state index contributed by atoms with van der Waals surface area (Å²) in [6.07, 6.45) is 6.03. The van der Waals surface area contributed by atoms with Crippen LogP contribution in [0.15, 0.2) is 60.7 Å². The Bertz CT molecular complexity index is 1020. The maximum absolute atomic E-state index is 10.8. The Hall–Kier alpha value is -2.17. The molecule has 0 aliphatic heterocycles. The fourth-order valence-electron chi connectivity index (χ4n) is 3.04. The van der Waals surface area contributed by atoms with E-state index < -0.39 is 19.7 Å². The van der Waals surface area contributed by atoms with Crippen LogP contribution in [0.25, 0.3) is 6.08 Å². The van der Waals surface area contributed by atoms with Crippen LogP contribution in [0, 0.1) is 16.0 Å². The minimum atomic E-state index is -1.94. The molecule has 0 heterocycles. The monoisotopic (exact) mass is 576 g/mol. The van der Waals surface area contributed by atoms with E-state index in [1.54, 1.807) is 12.1 Å². The van der Waals surface area contributed by atoms with E-state index in [-0.39, 0.29) is 26.5 Å². The molecule has 0 fully saturated rings. The van der Waals surface area contributed by atoms with Crippen LogP contribution in [-0.2, 0) is 15.8 Å². The maximum atomic E-state index is 10.8. The Balaban J connectivity index is 0.000000956. The Labute approximate surface area is 239 Å². The van der Waals surface area contributed by atoms with Gasteiger partial charge < -0.3 is 13.7 Å². The summed E-state index contributed by atoms with van der Waals surface area (Å²) in [4.78, 5) is 10.4. The van der Waals surface area contributed by atoms with E-state index in [0.29, 0.717) is 12.5 Å². The largest absolute Gasteiger partial charge is 0.598 e. The molecule has 9 heteroatoms. The number of hydrogen-bond donors (Lipinski definition) is 1. The quantitative estimate of drug-likeness (QED) is 0.126. The molecule has 0 aliphatic rings. The van der Waals surface area contributed by atoms with Crippen molar-refractivity contribution in [3.8, 4) is 5.75 Å². The SMILES string of the molecule is CC(C)(C)[S+](N)[O-].C[C@H](CCC=Cc1ccc([N+](=O)[O-])cc1)[C@@H](COc1ccccc1)O[Si](C)(C)C(C)(C)C. The molecule has 2 aromatic rings. The highest BCUT2D eigenvalue weighted by atomic mass is 32.2. The predicted octanol–water partition coefficient (Wildman–Crippen LogP) is 7.90. The number of non-ortho nitro benzene ring substituents is 1. The van der Waals surface area contributed by atoms with E-state index in [9.17, 15) is 14.7 Å². The van der Waals surface area contributed by atoms with Crippen LogP contribution in [0.3, 0.4) is 0 Å². The third-order valence-corrected chi connectivity index (χ3v) is 12.6. The third kappa shape index (κ3) is 13.2. The predicted molar refractivity (Wildman–Crippen MR) is 167 cm³/mol. The summed E-state index contributed by atoms with van der Waals surface area (Å²) in [5.74, 6) is 1.19. The van der Waals surface area contributed by atoms with Crippen molar-refractivity contribution in [1.82, 2.24) is 0 Å². The second-order valence-corrected chi connectivity index (χ2v) is 18.8. The third-order valence-electron chi connectivity index (χ3n) is 6.85. The first-order valence-electron chi connectivity index (χ1n) is 13.4. The highest BCUT2D eigenvalue weighted by molar-refractivity contribution is 7.90. The summed E-state index contributed by atoms with van der Waals surface area (Å²) in [5, 5.41) is 16.0. The van der Waals surface area contributed by atoms with E-state index in [4.69, 9.17) is 14.3 Å². The highest BCUT2D eigenvalue weighted by Gasteiger charge is 2.40. The van der Waals surface area contributed by atoms with Gasteiger partial charge in [0.25, 0.3) is 5.69 Å². The Morgan fingerprint density at radius 3 is 2.03 bits per heavy atom. The van der Waals surface area contributed by atoms with Crippen molar-refractivity contribution in [2.75, 3.05) is 6.61 Å². The van der Waals surface area contributed by atoms with E-state index in [0.717, 1.165) is 24.2 Å². The minimum Gasteiger partial charge on any atom is -0.598 e. The van der Waals surface area contributed by atoms with Gasteiger partial charge in [0.15, 0.2) is 8.32 Å². The van der Waals surface area contributed by atoms with Gasteiger partial charge in [0, 0.05) is 23.5 Å². The van der Waals surface area contributed by atoms with E-state index in [1.807, 2.05) is 57.2 Å². The first-order chi connectivity index (χ1) is 17.9. The number of benzene rings is 2. The molecular formula is C30H48N2O5SSi.